The number of ether oxygens (including phenoxy) is 1. The van der Waals surface area contributed by atoms with Gasteiger partial charge in [-0.05, 0) is 12.1 Å². The van der Waals surface area contributed by atoms with E-state index in [0.717, 1.165) is 38.5 Å². The highest BCUT2D eigenvalue weighted by Gasteiger charge is 2.08. The Balaban J connectivity index is 1.76. The van der Waals surface area contributed by atoms with Crippen LogP contribution < -0.4 is 5.43 Å². The molecule has 0 atom stereocenters. The topological polar surface area (TPSA) is 37.4 Å². The van der Waals surface area contributed by atoms with E-state index in [0.29, 0.717) is 0 Å². The first-order valence-corrected chi connectivity index (χ1v) is 4.91. The molecule has 0 saturated carbocycles. The van der Waals surface area contributed by atoms with Gasteiger partial charge in [0, 0.05) is 19.3 Å². The van der Waals surface area contributed by atoms with E-state index in [4.69, 9.17) is 4.74 Å². The number of hydrogen-bond acceptors (Lipinski definition) is 4. The van der Waals surface area contributed by atoms with E-state index < -0.39 is 0 Å². The normalized spacial score (nSPS) is 18.3. The van der Waals surface area contributed by atoms with Crippen molar-refractivity contribution in [1.29, 1.82) is 0 Å². The van der Waals surface area contributed by atoms with Crippen LogP contribution >= 0.6 is 0 Å². The molecule has 0 aliphatic carbocycles. The van der Waals surface area contributed by atoms with Crippen LogP contribution in [0, 0.1) is 0 Å². The molecule has 0 aromatic carbocycles. The number of aromatic nitrogens is 1. The van der Waals surface area contributed by atoms with Crippen LogP contribution in [-0.4, -0.2) is 36.3 Å². The van der Waals surface area contributed by atoms with E-state index in [9.17, 15) is 0 Å². The van der Waals surface area contributed by atoms with Crippen molar-refractivity contribution in [3.8, 4) is 0 Å². The minimum Gasteiger partial charge on any atom is -0.379 e. The summed E-state index contributed by atoms with van der Waals surface area (Å²) < 4.78 is 5.25. The van der Waals surface area contributed by atoms with Gasteiger partial charge in [-0.25, -0.2) is 10.4 Å². The highest BCUT2D eigenvalue weighted by Crippen LogP contribution is 1.96. The number of hydrogen-bond donors (Lipinski definition) is 1. The van der Waals surface area contributed by atoms with Gasteiger partial charge in [0.1, 0.15) is 0 Å². The molecule has 0 bridgehead atoms. The SMILES string of the molecule is c1ccc(CNN2CCOCC2)nc1. The van der Waals surface area contributed by atoms with Crippen molar-refractivity contribution < 1.29 is 4.74 Å². The Morgan fingerprint density at radius 2 is 2.21 bits per heavy atom. The summed E-state index contributed by atoms with van der Waals surface area (Å²) in [6, 6.07) is 5.95. The third-order valence-electron chi connectivity index (χ3n) is 2.22. The third-order valence-corrected chi connectivity index (χ3v) is 2.22. The Kier molecular flexibility index (Phi) is 3.45. The Bertz CT molecular complexity index is 259. The molecule has 1 N–H and O–H groups in total. The summed E-state index contributed by atoms with van der Waals surface area (Å²) in [5, 5.41) is 2.18. The largest absolute Gasteiger partial charge is 0.379 e. The van der Waals surface area contributed by atoms with Crippen LogP contribution in [0.25, 0.3) is 0 Å². The monoisotopic (exact) mass is 193 g/mol. The minimum absolute atomic E-state index is 0.792. The number of hydrazine groups is 1. The van der Waals surface area contributed by atoms with Crippen LogP contribution in [-0.2, 0) is 11.3 Å². The maximum Gasteiger partial charge on any atom is 0.0608 e. The average Bonchev–Trinajstić information content (AvgIpc) is 2.29. The molecule has 1 fully saturated rings. The molecule has 76 valence electrons. The lowest BCUT2D eigenvalue weighted by Gasteiger charge is -2.26. The van der Waals surface area contributed by atoms with Gasteiger partial charge < -0.3 is 4.74 Å². The second kappa shape index (κ2) is 5.05. The Morgan fingerprint density at radius 3 is 2.93 bits per heavy atom. The van der Waals surface area contributed by atoms with Crippen LogP contribution in [0.4, 0.5) is 0 Å². The molecular formula is C10H15N3O. The van der Waals surface area contributed by atoms with Crippen LogP contribution in [0.1, 0.15) is 5.69 Å². The molecule has 1 aromatic rings. The second-order valence-corrected chi connectivity index (χ2v) is 3.26. The first-order chi connectivity index (χ1) is 6.95. The van der Waals surface area contributed by atoms with E-state index in [2.05, 4.69) is 15.4 Å². The highest BCUT2D eigenvalue weighted by atomic mass is 16.5. The molecule has 1 saturated heterocycles. The number of nitrogens with one attached hydrogen (secondary N) is 1. The fourth-order valence-electron chi connectivity index (χ4n) is 1.42. The molecule has 14 heavy (non-hydrogen) atoms. The maximum absolute atomic E-state index is 5.25. The van der Waals surface area contributed by atoms with Crippen molar-refractivity contribution in [1.82, 2.24) is 15.4 Å². The first kappa shape index (κ1) is 9.58. The van der Waals surface area contributed by atoms with Crippen molar-refractivity contribution in [3.63, 3.8) is 0 Å². The molecule has 2 heterocycles. The Morgan fingerprint density at radius 1 is 1.36 bits per heavy atom. The van der Waals surface area contributed by atoms with Crippen LogP contribution in [0.15, 0.2) is 24.4 Å². The molecule has 0 spiro atoms. The molecule has 0 amide bonds. The Hall–Kier alpha value is -0.970. The van der Waals surface area contributed by atoms with E-state index in [-0.39, 0.29) is 0 Å². The summed E-state index contributed by atoms with van der Waals surface area (Å²) in [6.07, 6.45) is 1.82. The average molecular weight is 193 g/mol. The Labute approximate surface area is 83.9 Å². The summed E-state index contributed by atoms with van der Waals surface area (Å²) in [4.78, 5) is 4.24. The van der Waals surface area contributed by atoms with Gasteiger partial charge >= 0.3 is 0 Å². The molecule has 0 radical (unpaired) electrons. The van der Waals surface area contributed by atoms with Gasteiger partial charge in [0.15, 0.2) is 0 Å². The zero-order valence-electron chi connectivity index (χ0n) is 8.15. The van der Waals surface area contributed by atoms with E-state index in [1.165, 1.54) is 0 Å². The van der Waals surface area contributed by atoms with E-state index in [1.54, 1.807) is 0 Å². The predicted octanol–water partition coefficient (Wildman–Crippen LogP) is 0.418. The molecule has 1 aliphatic heterocycles. The summed E-state index contributed by atoms with van der Waals surface area (Å²) in [6.45, 7) is 4.32. The van der Waals surface area contributed by atoms with Gasteiger partial charge in [-0.3, -0.25) is 4.98 Å². The number of nitrogens with zero attached hydrogens (tertiary/aromatic N) is 2. The van der Waals surface area contributed by atoms with Crippen molar-refractivity contribution in [2.45, 2.75) is 6.54 Å². The lowest BCUT2D eigenvalue weighted by Crippen LogP contribution is -2.45. The molecule has 0 unspecified atom stereocenters. The molecular weight excluding hydrogens is 178 g/mol. The molecule has 4 heteroatoms. The predicted molar refractivity (Wildman–Crippen MR) is 53.5 cm³/mol. The summed E-state index contributed by atoms with van der Waals surface area (Å²) in [5.74, 6) is 0. The summed E-state index contributed by atoms with van der Waals surface area (Å²) in [5.41, 5.74) is 4.40. The molecule has 1 aromatic heterocycles. The van der Waals surface area contributed by atoms with Crippen LogP contribution in [0.5, 0.6) is 0 Å². The van der Waals surface area contributed by atoms with Crippen LogP contribution in [0.2, 0.25) is 0 Å². The van der Waals surface area contributed by atoms with Crippen molar-refractivity contribution in [3.05, 3.63) is 30.1 Å². The standard InChI is InChI=1S/C10H15N3O/c1-2-4-11-10(3-1)9-12-13-5-7-14-8-6-13/h1-4,12H,5-9H2. The fourth-order valence-corrected chi connectivity index (χ4v) is 1.42. The number of morpholine rings is 1. The van der Waals surface area contributed by atoms with Gasteiger partial charge in [-0.2, -0.15) is 0 Å². The van der Waals surface area contributed by atoms with Gasteiger partial charge in [0.05, 0.1) is 25.5 Å². The quantitative estimate of drug-likeness (QED) is 0.755. The van der Waals surface area contributed by atoms with Crippen molar-refractivity contribution >= 4 is 0 Å². The van der Waals surface area contributed by atoms with Crippen LogP contribution in [0.3, 0.4) is 0 Å². The molecule has 2 rings (SSSR count). The summed E-state index contributed by atoms with van der Waals surface area (Å²) in [7, 11) is 0. The number of rotatable bonds is 3. The third kappa shape index (κ3) is 2.77. The first-order valence-electron chi connectivity index (χ1n) is 4.91. The lowest BCUT2D eigenvalue weighted by atomic mass is 10.3. The van der Waals surface area contributed by atoms with Gasteiger partial charge in [0.25, 0.3) is 0 Å². The highest BCUT2D eigenvalue weighted by molar-refractivity contribution is 5.02. The van der Waals surface area contributed by atoms with Gasteiger partial charge in [-0.15, -0.1) is 0 Å². The smallest absolute Gasteiger partial charge is 0.0608 e. The molecule has 1 aliphatic rings. The van der Waals surface area contributed by atoms with Crippen molar-refractivity contribution in [2.24, 2.45) is 0 Å². The van der Waals surface area contributed by atoms with Crippen molar-refractivity contribution in [2.75, 3.05) is 26.3 Å². The maximum atomic E-state index is 5.25. The zero-order chi connectivity index (χ0) is 9.64. The van der Waals surface area contributed by atoms with E-state index >= 15 is 0 Å². The second-order valence-electron chi connectivity index (χ2n) is 3.26. The van der Waals surface area contributed by atoms with Gasteiger partial charge in [0.2, 0.25) is 0 Å². The summed E-state index contributed by atoms with van der Waals surface area (Å²) >= 11 is 0. The number of pyridine rings is 1. The van der Waals surface area contributed by atoms with Gasteiger partial charge in [-0.1, -0.05) is 6.07 Å². The molecule has 4 nitrogen and oxygen atoms in total. The zero-order valence-corrected chi connectivity index (χ0v) is 8.15. The fraction of sp³-hybridized carbons (Fsp3) is 0.500. The minimum atomic E-state index is 0.792. The van der Waals surface area contributed by atoms with E-state index in [1.807, 2.05) is 24.4 Å². The lowest BCUT2D eigenvalue weighted by molar-refractivity contribution is 0.0103.